The minimum Gasteiger partial charge on any atom is -0.462 e. The Morgan fingerprint density at radius 2 is 1.88 bits per heavy atom. The maximum absolute atomic E-state index is 12.1. The van der Waals surface area contributed by atoms with Crippen LogP contribution in [0.1, 0.15) is 48.0 Å². The zero-order valence-electron chi connectivity index (χ0n) is 15.3. The van der Waals surface area contributed by atoms with Gasteiger partial charge in [-0.25, -0.2) is 14.8 Å². The summed E-state index contributed by atoms with van der Waals surface area (Å²) in [6.45, 7) is 6.91. The third-order valence-electron chi connectivity index (χ3n) is 3.55. The van der Waals surface area contributed by atoms with E-state index in [9.17, 15) is 9.59 Å². The summed E-state index contributed by atoms with van der Waals surface area (Å²) in [6.07, 6.45) is 2.44. The molecule has 0 saturated heterocycles. The number of aromatic nitrogens is 2. The summed E-state index contributed by atoms with van der Waals surface area (Å²) in [5, 5.41) is 5.86. The average molecular weight is 356 g/mol. The summed E-state index contributed by atoms with van der Waals surface area (Å²) < 4.78 is 4.95. The fourth-order valence-corrected chi connectivity index (χ4v) is 2.14. The lowest BCUT2D eigenvalue weighted by atomic mass is 10.1. The number of rotatable bonds is 8. The van der Waals surface area contributed by atoms with Gasteiger partial charge in [0.2, 0.25) is 5.95 Å². The van der Waals surface area contributed by atoms with Crippen molar-refractivity contribution in [3.8, 4) is 0 Å². The molecule has 26 heavy (non-hydrogen) atoms. The molecule has 2 aromatic rings. The Hall–Kier alpha value is -2.96. The van der Waals surface area contributed by atoms with Crippen molar-refractivity contribution in [1.29, 1.82) is 0 Å². The molecule has 1 heterocycles. The predicted molar refractivity (Wildman–Crippen MR) is 99.5 cm³/mol. The van der Waals surface area contributed by atoms with Crippen LogP contribution in [0.3, 0.4) is 0 Å². The number of carbonyl (C=O) groups excluding carboxylic acids is 2. The molecule has 0 saturated carbocycles. The number of hydrogen-bond donors (Lipinski definition) is 2. The standard InChI is InChI=1S/C19H24N4O3/c1-4-26-18(25)14-5-7-15(8-6-14)22-19-21-12-10-16(23-19)17(24)20-11-9-13(2)3/h5-8,10,12-13H,4,9,11H2,1-3H3,(H,20,24)(H,21,22,23). The zero-order valence-corrected chi connectivity index (χ0v) is 15.3. The van der Waals surface area contributed by atoms with Gasteiger partial charge in [0.25, 0.3) is 5.91 Å². The van der Waals surface area contributed by atoms with Gasteiger partial charge < -0.3 is 15.4 Å². The van der Waals surface area contributed by atoms with E-state index in [-0.39, 0.29) is 11.9 Å². The molecule has 0 unspecified atom stereocenters. The summed E-state index contributed by atoms with van der Waals surface area (Å²) in [5.74, 6) is 0.241. The van der Waals surface area contributed by atoms with Gasteiger partial charge in [-0.05, 0) is 49.6 Å². The van der Waals surface area contributed by atoms with E-state index in [1.165, 1.54) is 6.20 Å². The lowest BCUT2D eigenvalue weighted by Crippen LogP contribution is -2.26. The van der Waals surface area contributed by atoms with Crippen LogP contribution in [0, 0.1) is 5.92 Å². The monoisotopic (exact) mass is 356 g/mol. The maximum atomic E-state index is 12.1. The number of anilines is 2. The number of carbonyl (C=O) groups is 2. The van der Waals surface area contributed by atoms with Crippen LogP contribution in [-0.2, 0) is 4.74 Å². The van der Waals surface area contributed by atoms with Crippen molar-refractivity contribution in [3.05, 3.63) is 47.8 Å². The van der Waals surface area contributed by atoms with E-state index in [1.54, 1.807) is 37.3 Å². The van der Waals surface area contributed by atoms with Crippen LogP contribution in [0.4, 0.5) is 11.6 Å². The van der Waals surface area contributed by atoms with E-state index < -0.39 is 0 Å². The Balaban J connectivity index is 1.99. The molecule has 1 amide bonds. The van der Waals surface area contributed by atoms with Crippen molar-refractivity contribution >= 4 is 23.5 Å². The van der Waals surface area contributed by atoms with Crippen LogP contribution in [0.15, 0.2) is 36.5 Å². The highest BCUT2D eigenvalue weighted by Gasteiger charge is 2.10. The third-order valence-corrected chi connectivity index (χ3v) is 3.55. The number of esters is 1. The minimum atomic E-state index is -0.365. The molecule has 0 aliphatic rings. The molecule has 0 aliphatic carbocycles. The van der Waals surface area contributed by atoms with Gasteiger partial charge in [-0.1, -0.05) is 13.8 Å². The van der Waals surface area contributed by atoms with Gasteiger partial charge in [0.1, 0.15) is 5.69 Å². The highest BCUT2D eigenvalue weighted by Crippen LogP contribution is 2.14. The average Bonchev–Trinajstić information content (AvgIpc) is 2.62. The van der Waals surface area contributed by atoms with Crippen molar-refractivity contribution < 1.29 is 14.3 Å². The van der Waals surface area contributed by atoms with E-state index >= 15 is 0 Å². The van der Waals surface area contributed by atoms with Crippen LogP contribution in [-0.4, -0.2) is 35.0 Å². The van der Waals surface area contributed by atoms with Crippen molar-refractivity contribution in [3.63, 3.8) is 0 Å². The van der Waals surface area contributed by atoms with Gasteiger partial charge in [-0.15, -0.1) is 0 Å². The Morgan fingerprint density at radius 1 is 1.15 bits per heavy atom. The topological polar surface area (TPSA) is 93.2 Å². The first-order valence-corrected chi connectivity index (χ1v) is 8.65. The maximum Gasteiger partial charge on any atom is 0.338 e. The molecule has 0 radical (unpaired) electrons. The molecule has 0 atom stereocenters. The van der Waals surface area contributed by atoms with Crippen LogP contribution in [0.2, 0.25) is 0 Å². The Morgan fingerprint density at radius 3 is 2.54 bits per heavy atom. The van der Waals surface area contributed by atoms with Gasteiger partial charge in [-0.3, -0.25) is 4.79 Å². The smallest absolute Gasteiger partial charge is 0.338 e. The molecule has 0 spiro atoms. The number of benzene rings is 1. The fraction of sp³-hybridized carbons (Fsp3) is 0.368. The summed E-state index contributed by atoms with van der Waals surface area (Å²) >= 11 is 0. The molecular weight excluding hydrogens is 332 g/mol. The van der Waals surface area contributed by atoms with Crippen molar-refractivity contribution in [2.24, 2.45) is 5.92 Å². The Bertz CT molecular complexity index is 745. The predicted octanol–water partition coefficient (Wildman–Crippen LogP) is 3.17. The van der Waals surface area contributed by atoms with E-state index in [2.05, 4.69) is 34.4 Å². The zero-order chi connectivity index (χ0) is 18.9. The molecule has 1 aromatic carbocycles. The van der Waals surface area contributed by atoms with Crippen LogP contribution < -0.4 is 10.6 Å². The molecule has 7 nitrogen and oxygen atoms in total. The number of hydrogen-bond acceptors (Lipinski definition) is 6. The summed E-state index contributed by atoms with van der Waals surface area (Å²) in [6, 6.07) is 8.33. The van der Waals surface area contributed by atoms with Crippen molar-refractivity contribution in [1.82, 2.24) is 15.3 Å². The summed E-state index contributed by atoms with van der Waals surface area (Å²) in [5.41, 5.74) is 1.47. The second-order valence-corrected chi connectivity index (χ2v) is 6.13. The second kappa shape index (κ2) is 9.50. The molecule has 0 aliphatic heterocycles. The molecule has 1 aromatic heterocycles. The molecular formula is C19H24N4O3. The Kier molecular flexibility index (Phi) is 7.08. The third kappa shape index (κ3) is 5.84. The van der Waals surface area contributed by atoms with Crippen LogP contribution >= 0.6 is 0 Å². The second-order valence-electron chi connectivity index (χ2n) is 6.13. The van der Waals surface area contributed by atoms with E-state index in [0.29, 0.717) is 42.0 Å². The highest BCUT2D eigenvalue weighted by molar-refractivity contribution is 5.92. The lowest BCUT2D eigenvalue weighted by molar-refractivity contribution is 0.0526. The van der Waals surface area contributed by atoms with Gasteiger partial charge in [0.05, 0.1) is 12.2 Å². The van der Waals surface area contributed by atoms with Gasteiger partial charge >= 0.3 is 5.97 Å². The Labute approximate surface area is 153 Å². The number of amides is 1. The molecule has 7 heteroatoms. The molecule has 0 fully saturated rings. The molecule has 2 rings (SSSR count). The first kappa shape index (κ1) is 19.4. The first-order valence-electron chi connectivity index (χ1n) is 8.65. The quantitative estimate of drug-likeness (QED) is 0.706. The number of nitrogens with one attached hydrogen (secondary N) is 2. The van der Waals surface area contributed by atoms with Crippen LogP contribution in [0.25, 0.3) is 0 Å². The molecule has 2 N–H and O–H groups in total. The van der Waals surface area contributed by atoms with E-state index in [4.69, 9.17) is 4.74 Å². The molecule has 0 bridgehead atoms. The first-order chi connectivity index (χ1) is 12.5. The van der Waals surface area contributed by atoms with Crippen molar-refractivity contribution in [2.45, 2.75) is 27.2 Å². The summed E-state index contributed by atoms with van der Waals surface area (Å²) in [7, 11) is 0. The minimum absolute atomic E-state index is 0.228. The van der Waals surface area contributed by atoms with Gasteiger partial charge in [0.15, 0.2) is 0 Å². The van der Waals surface area contributed by atoms with Gasteiger partial charge in [0, 0.05) is 18.4 Å². The van der Waals surface area contributed by atoms with Crippen LogP contribution in [0.5, 0.6) is 0 Å². The van der Waals surface area contributed by atoms with E-state index in [1.807, 2.05) is 0 Å². The number of nitrogens with zero attached hydrogens (tertiary/aromatic N) is 2. The largest absolute Gasteiger partial charge is 0.462 e. The van der Waals surface area contributed by atoms with E-state index in [0.717, 1.165) is 6.42 Å². The summed E-state index contributed by atoms with van der Waals surface area (Å²) in [4.78, 5) is 32.1. The normalized spacial score (nSPS) is 10.5. The highest BCUT2D eigenvalue weighted by atomic mass is 16.5. The lowest BCUT2D eigenvalue weighted by Gasteiger charge is -2.09. The number of ether oxygens (including phenoxy) is 1. The van der Waals surface area contributed by atoms with Crippen molar-refractivity contribution in [2.75, 3.05) is 18.5 Å². The fourth-order valence-electron chi connectivity index (χ4n) is 2.14. The molecule has 138 valence electrons. The SMILES string of the molecule is CCOC(=O)c1ccc(Nc2nccc(C(=O)NCCC(C)C)n2)cc1. The van der Waals surface area contributed by atoms with Gasteiger partial charge in [-0.2, -0.15) is 0 Å².